The van der Waals surface area contributed by atoms with E-state index in [2.05, 4.69) is 15.4 Å². The predicted molar refractivity (Wildman–Crippen MR) is 95.9 cm³/mol. The minimum Gasteiger partial charge on any atom is -0.282 e. The van der Waals surface area contributed by atoms with Crippen LogP contribution >= 0.6 is 11.8 Å². The first-order valence-corrected chi connectivity index (χ1v) is 8.33. The van der Waals surface area contributed by atoms with Gasteiger partial charge in [-0.15, -0.1) is 0 Å². The topological polar surface area (TPSA) is 76.9 Å². The molecule has 3 aromatic rings. The van der Waals surface area contributed by atoms with E-state index in [1.807, 2.05) is 48.7 Å². The number of carbonyl (C=O) groups is 2. The molecule has 1 fully saturated rings. The van der Waals surface area contributed by atoms with Crippen LogP contribution in [-0.2, 0) is 4.79 Å². The van der Waals surface area contributed by atoms with Crippen LogP contribution in [0.25, 0.3) is 23.0 Å². The van der Waals surface area contributed by atoms with Crippen molar-refractivity contribution in [1.29, 1.82) is 0 Å². The molecule has 0 spiro atoms. The Balaban J connectivity index is 1.84. The van der Waals surface area contributed by atoms with Crippen LogP contribution in [0.2, 0.25) is 0 Å². The number of imide groups is 1. The molecule has 6 nitrogen and oxygen atoms in total. The molecule has 1 N–H and O–H groups in total. The molecule has 2 amide bonds. The molecule has 1 aliphatic rings. The molecule has 3 heterocycles. The third-order valence-electron chi connectivity index (χ3n) is 3.63. The maximum atomic E-state index is 11.9. The lowest BCUT2D eigenvalue weighted by Crippen LogP contribution is -2.17. The zero-order valence-electron chi connectivity index (χ0n) is 12.9. The third kappa shape index (κ3) is 3.09. The maximum Gasteiger partial charge on any atom is 0.290 e. The van der Waals surface area contributed by atoms with Gasteiger partial charge in [0.25, 0.3) is 11.1 Å². The molecule has 2 aromatic heterocycles. The van der Waals surface area contributed by atoms with E-state index in [0.29, 0.717) is 10.6 Å². The summed E-state index contributed by atoms with van der Waals surface area (Å²) in [6.07, 6.45) is 6.92. The number of nitrogens with one attached hydrogen (secondary N) is 1. The fraction of sp³-hybridized carbons (Fsp3) is 0. The van der Waals surface area contributed by atoms with E-state index in [-0.39, 0.29) is 11.1 Å². The Morgan fingerprint density at radius 1 is 1.08 bits per heavy atom. The summed E-state index contributed by atoms with van der Waals surface area (Å²) < 4.78 is 1.74. The van der Waals surface area contributed by atoms with Crippen LogP contribution in [0, 0.1) is 0 Å². The van der Waals surface area contributed by atoms with Gasteiger partial charge in [0, 0.05) is 29.7 Å². The lowest BCUT2D eigenvalue weighted by molar-refractivity contribution is -0.115. The Bertz CT molecular complexity index is 981. The van der Waals surface area contributed by atoms with Crippen molar-refractivity contribution in [2.75, 3.05) is 0 Å². The lowest BCUT2D eigenvalue weighted by atomic mass is 10.1. The van der Waals surface area contributed by atoms with Crippen molar-refractivity contribution in [2.45, 2.75) is 0 Å². The second-order valence-electron chi connectivity index (χ2n) is 5.31. The number of rotatable bonds is 3. The van der Waals surface area contributed by atoms with E-state index in [0.717, 1.165) is 28.6 Å². The van der Waals surface area contributed by atoms with Crippen molar-refractivity contribution in [2.24, 2.45) is 0 Å². The van der Waals surface area contributed by atoms with Crippen LogP contribution < -0.4 is 5.32 Å². The van der Waals surface area contributed by atoms with Gasteiger partial charge < -0.3 is 0 Å². The number of carbonyl (C=O) groups excluding carboxylic acids is 2. The molecule has 0 aliphatic carbocycles. The van der Waals surface area contributed by atoms with E-state index in [1.165, 1.54) is 0 Å². The summed E-state index contributed by atoms with van der Waals surface area (Å²) >= 11 is 0.886. The van der Waals surface area contributed by atoms with E-state index in [9.17, 15) is 9.59 Å². The Labute approximate surface area is 147 Å². The van der Waals surface area contributed by atoms with Crippen molar-refractivity contribution in [3.8, 4) is 16.9 Å². The minimum absolute atomic E-state index is 0.350. The molecular formula is C18H12N4O2S. The fourth-order valence-corrected chi connectivity index (χ4v) is 3.17. The number of pyridine rings is 1. The van der Waals surface area contributed by atoms with Gasteiger partial charge in [-0.25, -0.2) is 4.68 Å². The van der Waals surface area contributed by atoms with Crippen molar-refractivity contribution < 1.29 is 9.59 Å². The third-order valence-corrected chi connectivity index (χ3v) is 4.44. The molecule has 0 saturated carbocycles. The summed E-state index contributed by atoms with van der Waals surface area (Å²) in [5.74, 6) is -0.389. The molecule has 1 aromatic carbocycles. The van der Waals surface area contributed by atoms with E-state index in [4.69, 9.17) is 0 Å². The number of aromatic nitrogens is 3. The van der Waals surface area contributed by atoms with Crippen molar-refractivity contribution >= 4 is 29.0 Å². The standard InChI is InChI=1S/C18H12N4O2S/c23-17-15(25-18(24)20-17)9-13-11-22(14-6-2-1-3-7-14)21-16(13)12-5-4-8-19-10-12/h1-11H,(H,20,23,24)/b15-9+. The quantitative estimate of drug-likeness (QED) is 0.735. The highest BCUT2D eigenvalue weighted by Gasteiger charge is 2.26. The fourth-order valence-electron chi connectivity index (χ4n) is 2.50. The molecule has 0 radical (unpaired) electrons. The van der Waals surface area contributed by atoms with E-state index in [1.54, 1.807) is 23.2 Å². The van der Waals surface area contributed by atoms with Gasteiger partial charge in [-0.3, -0.25) is 19.9 Å². The Morgan fingerprint density at radius 3 is 2.60 bits per heavy atom. The number of thioether (sulfide) groups is 1. The number of benzene rings is 1. The molecule has 0 unspecified atom stereocenters. The summed E-state index contributed by atoms with van der Waals surface area (Å²) in [6, 6.07) is 13.4. The average Bonchev–Trinajstić information content (AvgIpc) is 3.20. The molecule has 0 atom stereocenters. The molecule has 122 valence electrons. The van der Waals surface area contributed by atoms with Crippen molar-refractivity contribution in [3.05, 3.63) is 71.5 Å². The maximum absolute atomic E-state index is 11.9. The summed E-state index contributed by atoms with van der Waals surface area (Å²) in [7, 11) is 0. The molecule has 0 bridgehead atoms. The Morgan fingerprint density at radius 2 is 1.92 bits per heavy atom. The highest BCUT2D eigenvalue weighted by Crippen LogP contribution is 2.30. The SMILES string of the molecule is O=C1NC(=O)/C(=C\c2cn(-c3ccccc3)nc2-c2cccnc2)S1. The monoisotopic (exact) mass is 348 g/mol. The molecular weight excluding hydrogens is 336 g/mol. The smallest absolute Gasteiger partial charge is 0.282 e. The average molecular weight is 348 g/mol. The zero-order valence-corrected chi connectivity index (χ0v) is 13.7. The zero-order chi connectivity index (χ0) is 17.2. The van der Waals surface area contributed by atoms with Gasteiger partial charge in [0.05, 0.1) is 10.6 Å². The molecule has 1 aliphatic heterocycles. The first-order valence-electron chi connectivity index (χ1n) is 7.51. The summed E-state index contributed by atoms with van der Waals surface area (Å²) in [6.45, 7) is 0. The number of hydrogen-bond donors (Lipinski definition) is 1. The highest BCUT2D eigenvalue weighted by atomic mass is 32.2. The van der Waals surface area contributed by atoms with E-state index < -0.39 is 0 Å². The van der Waals surface area contributed by atoms with Gasteiger partial charge in [0.1, 0.15) is 5.69 Å². The summed E-state index contributed by atoms with van der Waals surface area (Å²) in [4.78, 5) is 27.7. The van der Waals surface area contributed by atoms with Crippen LogP contribution in [0.3, 0.4) is 0 Å². The second-order valence-corrected chi connectivity index (χ2v) is 6.32. The molecule has 4 rings (SSSR count). The van der Waals surface area contributed by atoms with Crippen LogP contribution in [0.5, 0.6) is 0 Å². The van der Waals surface area contributed by atoms with Gasteiger partial charge >= 0.3 is 0 Å². The predicted octanol–water partition coefficient (Wildman–Crippen LogP) is 3.26. The number of hydrogen-bond acceptors (Lipinski definition) is 5. The van der Waals surface area contributed by atoms with Crippen molar-refractivity contribution in [1.82, 2.24) is 20.1 Å². The molecule has 25 heavy (non-hydrogen) atoms. The largest absolute Gasteiger partial charge is 0.290 e. The minimum atomic E-state index is -0.389. The van der Waals surface area contributed by atoms with Gasteiger partial charge in [-0.2, -0.15) is 5.10 Å². The Kier molecular flexibility index (Phi) is 3.91. The lowest BCUT2D eigenvalue weighted by Gasteiger charge is -2.00. The normalized spacial score (nSPS) is 15.6. The summed E-state index contributed by atoms with van der Waals surface area (Å²) in [5, 5.41) is 6.54. The van der Waals surface area contributed by atoms with Crippen LogP contribution in [0.1, 0.15) is 5.56 Å². The first-order chi connectivity index (χ1) is 12.2. The van der Waals surface area contributed by atoms with Gasteiger partial charge in [0.2, 0.25) is 0 Å². The molecule has 7 heteroatoms. The van der Waals surface area contributed by atoms with Crippen molar-refractivity contribution in [3.63, 3.8) is 0 Å². The van der Waals surface area contributed by atoms with Crippen LogP contribution in [-0.4, -0.2) is 25.9 Å². The first kappa shape index (κ1) is 15.3. The Hall–Kier alpha value is -3.19. The van der Waals surface area contributed by atoms with Crippen LogP contribution in [0.4, 0.5) is 4.79 Å². The van der Waals surface area contributed by atoms with Gasteiger partial charge in [-0.1, -0.05) is 18.2 Å². The molecule has 1 saturated heterocycles. The highest BCUT2D eigenvalue weighted by molar-refractivity contribution is 8.18. The summed E-state index contributed by atoms with van der Waals surface area (Å²) in [5.41, 5.74) is 3.16. The number of nitrogens with zero attached hydrogens (tertiary/aromatic N) is 3. The van der Waals surface area contributed by atoms with Crippen LogP contribution in [0.15, 0.2) is 66.0 Å². The van der Waals surface area contributed by atoms with E-state index >= 15 is 0 Å². The number of amides is 2. The second kappa shape index (κ2) is 6.37. The number of para-hydroxylation sites is 1. The van der Waals surface area contributed by atoms with Gasteiger partial charge in [0.15, 0.2) is 0 Å². The van der Waals surface area contributed by atoms with Gasteiger partial charge in [-0.05, 0) is 42.1 Å².